The van der Waals surface area contributed by atoms with Crippen LogP contribution >= 0.6 is 22.9 Å². The van der Waals surface area contributed by atoms with E-state index in [1.54, 1.807) is 11.3 Å². The van der Waals surface area contributed by atoms with Crippen LogP contribution in [0.3, 0.4) is 0 Å². The zero-order chi connectivity index (χ0) is 6.97. The van der Waals surface area contributed by atoms with Crippen LogP contribution in [0.4, 0.5) is 0 Å². The van der Waals surface area contributed by atoms with Gasteiger partial charge in [-0.2, -0.15) is 0 Å². The van der Waals surface area contributed by atoms with Crippen molar-refractivity contribution in [2.24, 2.45) is 0 Å². The SMILES string of the molecule is Clc1ncc(CN2CC2)s1. The number of nitrogens with zero attached hydrogens (tertiary/aromatic N) is 2. The van der Waals surface area contributed by atoms with Gasteiger partial charge in [0.1, 0.15) is 0 Å². The summed E-state index contributed by atoms with van der Waals surface area (Å²) in [6.07, 6.45) is 1.85. The van der Waals surface area contributed by atoms with Crippen LogP contribution in [0.1, 0.15) is 4.88 Å². The normalized spacial score (nSPS) is 17.7. The molecule has 0 saturated carbocycles. The summed E-state index contributed by atoms with van der Waals surface area (Å²) in [7, 11) is 0. The second kappa shape index (κ2) is 2.49. The fourth-order valence-corrected chi connectivity index (χ4v) is 1.83. The van der Waals surface area contributed by atoms with Crippen molar-refractivity contribution in [3.8, 4) is 0 Å². The Morgan fingerprint density at radius 2 is 2.50 bits per heavy atom. The van der Waals surface area contributed by atoms with Crippen LogP contribution in [0.2, 0.25) is 4.47 Å². The Morgan fingerprint density at radius 3 is 3.00 bits per heavy atom. The quantitative estimate of drug-likeness (QED) is 0.634. The highest BCUT2D eigenvalue weighted by molar-refractivity contribution is 7.15. The molecular formula is C6H7ClN2S. The first-order chi connectivity index (χ1) is 4.84. The van der Waals surface area contributed by atoms with Gasteiger partial charge in [0, 0.05) is 30.7 Å². The third kappa shape index (κ3) is 1.48. The maximum atomic E-state index is 5.65. The van der Waals surface area contributed by atoms with Crippen LogP contribution in [0.15, 0.2) is 6.20 Å². The Labute approximate surface area is 68.4 Å². The monoisotopic (exact) mass is 174 g/mol. The first-order valence-corrected chi connectivity index (χ1v) is 4.36. The van der Waals surface area contributed by atoms with E-state index in [2.05, 4.69) is 9.88 Å². The Hall–Kier alpha value is -0.120. The fraction of sp³-hybridized carbons (Fsp3) is 0.500. The van der Waals surface area contributed by atoms with E-state index in [1.807, 2.05) is 6.20 Å². The van der Waals surface area contributed by atoms with Gasteiger partial charge in [-0.1, -0.05) is 11.6 Å². The minimum atomic E-state index is 0.650. The molecule has 1 aliphatic heterocycles. The van der Waals surface area contributed by atoms with Gasteiger partial charge >= 0.3 is 0 Å². The molecule has 0 spiro atoms. The first-order valence-electron chi connectivity index (χ1n) is 3.17. The molecule has 0 atom stereocenters. The molecule has 0 unspecified atom stereocenters. The number of hydrogen-bond donors (Lipinski definition) is 0. The van der Waals surface area contributed by atoms with E-state index in [1.165, 1.54) is 18.0 Å². The molecule has 54 valence electrons. The van der Waals surface area contributed by atoms with Crippen molar-refractivity contribution < 1.29 is 0 Å². The summed E-state index contributed by atoms with van der Waals surface area (Å²) in [5, 5.41) is 0. The molecule has 0 aromatic carbocycles. The van der Waals surface area contributed by atoms with Crippen LogP contribution in [0, 0.1) is 0 Å². The predicted molar refractivity (Wildman–Crippen MR) is 42.4 cm³/mol. The summed E-state index contributed by atoms with van der Waals surface area (Å²) >= 11 is 7.22. The maximum absolute atomic E-state index is 5.65. The summed E-state index contributed by atoms with van der Waals surface area (Å²) in [5.74, 6) is 0. The first kappa shape index (κ1) is 6.58. The molecule has 4 heteroatoms. The molecule has 1 aliphatic rings. The highest BCUT2D eigenvalue weighted by Crippen LogP contribution is 2.21. The molecule has 2 nitrogen and oxygen atoms in total. The maximum Gasteiger partial charge on any atom is 0.183 e. The molecule has 1 fully saturated rings. The van der Waals surface area contributed by atoms with Crippen molar-refractivity contribution in [3.05, 3.63) is 15.5 Å². The van der Waals surface area contributed by atoms with E-state index in [4.69, 9.17) is 11.6 Å². The summed E-state index contributed by atoms with van der Waals surface area (Å²) in [6, 6.07) is 0. The third-order valence-electron chi connectivity index (χ3n) is 1.44. The highest BCUT2D eigenvalue weighted by atomic mass is 35.5. The molecule has 1 aromatic heterocycles. The van der Waals surface area contributed by atoms with Gasteiger partial charge in [0.05, 0.1) is 0 Å². The molecule has 10 heavy (non-hydrogen) atoms. The third-order valence-corrected chi connectivity index (χ3v) is 2.54. The summed E-state index contributed by atoms with van der Waals surface area (Å²) in [6.45, 7) is 3.50. The second-order valence-electron chi connectivity index (χ2n) is 2.36. The Bertz CT molecular complexity index is 231. The summed E-state index contributed by atoms with van der Waals surface area (Å²) < 4.78 is 0.650. The standard InChI is InChI=1S/C6H7ClN2S/c7-6-8-3-5(10-6)4-9-1-2-9/h3H,1-2,4H2. The van der Waals surface area contributed by atoms with Crippen LogP contribution in [0.5, 0.6) is 0 Å². The van der Waals surface area contributed by atoms with E-state index in [9.17, 15) is 0 Å². The molecule has 2 heterocycles. The van der Waals surface area contributed by atoms with E-state index in [0.29, 0.717) is 4.47 Å². The smallest absolute Gasteiger partial charge is 0.183 e. The summed E-state index contributed by atoms with van der Waals surface area (Å²) in [5.41, 5.74) is 0. The molecule has 0 amide bonds. The molecule has 1 saturated heterocycles. The van der Waals surface area contributed by atoms with Gasteiger partial charge in [0.15, 0.2) is 4.47 Å². The molecule has 0 bridgehead atoms. The van der Waals surface area contributed by atoms with Crippen molar-refractivity contribution in [2.75, 3.05) is 13.1 Å². The molecular weight excluding hydrogens is 168 g/mol. The highest BCUT2D eigenvalue weighted by Gasteiger charge is 2.17. The number of thiazole rings is 1. The topological polar surface area (TPSA) is 15.9 Å². The van der Waals surface area contributed by atoms with Crippen molar-refractivity contribution in [1.82, 2.24) is 9.88 Å². The molecule has 0 radical (unpaired) electrons. The number of halogens is 1. The zero-order valence-corrected chi connectivity index (χ0v) is 6.95. The zero-order valence-electron chi connectivity index (χ0n) is 5.38. The second-order valence-corrected chi connectivity index (χ2v) is 4.05. The van der Waals surface area contributed by atoms with Crippen LogP contribution in [0.25, 0.3) is 0 Å². The molecule has 2 rings (SSSR count). The van der Waals surface area contributed by atoms with Crippen LogP contribution in [-0.2, 0) is 6.54 Å². The molecule has 0 aliphatic carbocycles. The van der Waals surface area contributed by atoms with E-state index in [0.717, 1.165) is 6.54 Å². The predicted octanol–water partition coefficient (Wildman–Crippen LogP) is 1.61. The lowest BCUT2D eigenvalue weighted by Crippen LogP contribution is -1.92. The van der Waals surface area contributed by atoms with E-state index in [-0.39, 0.29) is 0 Å². The van der Waals surface area contributed by atoms with Gasteiger partial charge in [0.2, 0.25) is 0 Å². The Morgan fingerprint density at radius 1 is 1.70 bits per heavy atom. The summed E-state index contributed by atoms with van der Waals surface area (Å²) in [4.78, 5) is 7.56. The van der Waals surface area contributed by atoms with Crippen molar-refractivity contribution in [3.63, 3.8) is 0 Å². The molecule has 0 N–H and O–H groups in total. The van der Waals surface area contributed by atoms with Crippen molar-refractivity contribution >= 4 is 22.9 Å². The van der Waals surface area contributed by atoms with E-state index >= 15 is 0 Å². The van der Waals surface area contributed by atoms with Gasteiger partial charge in [0.25, 0.3) is 0 Å². The Kier molecular flexibility index (Phi) is 1.64. The van der Waals surface area contributed by atoms with Crippen LogP contribution < -0.4 is 0 Å². The van der Waals surface area contributed by atoms with Crippen molar-refractivity contribution in [2.45, 2.75) is 6.54 Å². The number of aromatic nitrogens is 1. The average molecular weight is 175 g/mol. The van der Waals surface area contributed by atoms with E-state index < -0.39 is 0 Å². The van der Waals surface area contributed by atoms with Crippen LogP contribution in [-0.4, -0.2) is 23.0 Å². The fourth-order valence-electron chi connectivity index (χ4n) is 0.806. The lowest BCUT2D eigenvalue weighted by molar-refractivity contribution is 0.562. The van der Waals surface area contributed by atoms with Gasteiger partial charge in [-0.05, 0) is 0 Å². The van der Waals surface area contributed by atoms with Gasteiger partial charge in [-0.15, -0.1) is 11.3 Å². The number of rotatable bonds is 2. The lowest BCUT2D eigenvalue weighted by atomic mass is 10.5. The lowest BCUT2D eigenvalue weighted by Gasteiger charge is -1.92. The average Bonchev–Trinajstić information content (AvgIpc) is 2.59. The number of hydrogen-bond acceptors (Lipinski definition) is 3. The van der Waals surface area contributed by atoms with Gasteiger partial charge in [-0.3, -0.25) is 4.90 Å². The minimum absolute atomic E-state index is 0.650. The van der Waals surface area contributed by atoms with Crippen molar-refractivity contribution in [1.29, 1.82) is 0 Å². The Balaban J connectivity index is 2.03. The largest absolute Gasteiger partial charge is 0.296 e. The van der Waals surface area contributed by atoms with Gasteiger partial charge < -0.3 is 0 Å². The van der Waals surface area contributed by atoms with Gasteiger partial charge in [-0.25, -0.2) is 4.98 Å². The molecule has 1 aromatic rings. The minimum Gasteiger partial charge on any atom is -0.296 e.